The number of pyridine rings is 1. The van der Waals surface area contributed by atoms with Gasteiger partial charge in [-0.1, -0.05) is 30.4 Å². The van der Waals surface area contributed by atoms with Crippen LogP contribution in [-0.2, 0) is 27.2 Å². The standard InChI is InChI=1S/C28H30N2O3/c31-26(23-16-22-6-1-2-7-25(22)27(32)17-23)10-9-24-19-30-18-21(8-11-28(30)29-24)5-3-4-20-12-14-33-15-13-20/h1-2,6-8,11,16-20,25H,3-5,9-10,12-15H2. The fourth-order valence-corrected chi connectivity index (χ4v) is 4.95. The molecule has 0 bridgehead atoms. The summed E-state index contributed by atoms with van der Waals surface area (Å²) >= 11 is 0. The average molecular weight is 443 g/mol. The fourth-order valence-electron chi connectivity index (χ4n) is 4.95. The number of nitrogens with zero attached hydrogens (tertiary/aromatic N) is 2. The second-order valence-corrected chi connectivity index (χ2v) is 9.27. The third kappa shape index (κ3) is 5.14. The number of ether oxygens (including phenoxy) is 1. The number of aryl methyl sites for hydroxylation is 2. The van der Waals surface area contributed by atoms with Crippen molar-refractivity contribution in [1.29, 1.82) is 0 Å². The number of hydrogen-bond acceptors (Lipinski definition) is 4. The molecule has 5 nitrogen and oxygen atoms in total. The molecule has 0 radical (unpaired) electrons. The predicted molar refractivity (Wildman–Crippen MR) is 128 cm³/mol. The van der Waals surface area contributed by atoms with Gasteiger partial charge in [-0.25, -0.2) is 4.98 Å². The van der Waals surface area contributed by atoms with Gasteiger partial charge in [-0.2, -0.15) is 0 Å². The number of ketones is 2. The smallest absolute Gasteiger partial charge is 0.167 e. The van der Waals surface area contributed by atoms with E-state index in [0.29, 0.717) is 18.4 Å². The lowest BCUT2D eigenvalue weighted by Crippen LogP contribution is -2.19. The van der Waals surface area contributed by atoms with Gasteiger partial charge >= 0.3 is 0 Å². The molecular formula is C28H30N2O3. The van der Waals surface area contributed by atoms with Crippen molar-refractivity contribution in [3.05, 3.63) is 83.4 Å². The minimum Gasteiger partial charge on any atom is -0.381 e. The lowest BCUT2D eigenvalue weighted by Gasteiger charge is -2.21. The first-order chi connectivity index (χ1) is 16.2. The molecule has 2 aromatic heterocycles. The van der Waals surface area contributed by atoms with Crippen LogP contribution >= 0.6 is 0 Å². The van der Waals surface area contributed by atoms with Crippen LogP contribution in [-0.4, -0.2) is 34.2 Å². The normalized spacial score (nSPS) is 20.6. The Labute approximate surface area is 194 Å². The van der Waals surface area contributed by atoms with Crippen molar-refractivity contribution in [2.24, 2.45) is 11.8 Å². The van der Waals surface area contributed by atoms with E-state index in [1.165, 1.54) is 37.3 Å². The SMILES string of the molecule is O=C(CCc1cn2cc(CCCC3CCOCC3)ccc2n1)C1=CC(=O)C2C=CC=CC2=C1. The summed E-state index contributed by atoms with van der Waals surface area (Å²) in [5, 5.41) is 0. The van der Waals surface area contributed by atoms with Crippen LogP contribution in [0.2, 0.25) is 0 Å². The number of hydrogen-bond donors (Lipinski definition) is 0. The number of carbonyl (C=O) groups is 2. The zero-order valence-corrected chi connectivity index (χ0v) is 18.9. The summed E-state index contributed by atoms with van der Waals surface area (Å²) in [6.07, 6.45) is 21.9. The molecule has 3 aliphatic rings. The Bertz CT molecular complexity index is 1170. The molecule has 0 aromatic carbocycles. The third-order valence-electron chi connectivity index (χ3n) is 6.90. The maximum absolute atomic E-state index is 12.8. The monoisotopic (exact) mass is 442 g/mol. The van der Waals surface area contributed by atoms with E-state index < -0.39 is 0 Å². The molecule has 2 aliphatic carbocycles. The van der Waals surface area contributed by atoms with Crippen molar-refractivity contribution in [3.8, 4) is 0 Å². The van der Waals surface area contributed by atoms with Gasteiger partial charge in [0.25, 0.3) is 0 Å². The summed E-state index contributed by atoms with van der Waals surface area (Å²) in [6.45, 7) is 1.83. The lowest BCUT2D eigenvalue weighted by molar-refractivity contribution is -0.118. The number of fused-ring (bicyclic) bond motifs is 2. The molecule has 33 heavy (non-hydrogen) atoms. The van der Waals surface area contributed by atoms with Gasteiger partial charge in [0.15, 0.2) is 11.6 Å². The van der Waals surface area contributed by atoms with Gasteiger partial charge in [-0.15, -0.1) is 0 Å². The molecule has 0 saturated carbocycles. The molecule has 3 heterocycles. The molecule has 0 spiro atoms. The predicted octanol–water partition coefficient (Wildman–Crippen LogP) is 4.76. The van der Waals surface area contributed by atoms with Gasteiger partial charge in [0, 0.05) is 37.6 Å². The second-order valence-electron chi connectivity index (χ2n) is 9.27. The number of aromatic nitrogens is 2. The van der Waals surface area contributed by atoms with Gasteiger partial charge in [0.05, 0.1) is 11.6 Å². The van der Waals surface area contributed by atoms with Crippen LogP contribution in [0.15, 0.2) is 72.1 Å². The summed E-state index contributed by atoms with van der Waals surface area (Å²) in [5.74, 6) is 0.536. The summed E-state index contributed by atoms with van der Waals surface area (Å²) in [7, 11) is 0. The number of Topliss-reactive ketones (excluding diaryl/α,β-unsaturated/α-hetero) is 1. The molecule has 1 fully saturated rings. The molecule has 0 amide bonds. The molecule has 5 rings (SSSR count). The quantitative estimate of drug-likeness (QED) is 0.591. The molecule has 1 unspecified atom stereocenters. The van der Waals surface area contributed by atoms with Crippen LogP contribution in [0.5, 0.6) is 0 Å². The van der Waals surface area contributed by atoms with Gasteiger partial charge in [-0.3, -0.25) is 9.59 Å². The lowest BCUT2D eigenvalue weighted by atomic mass is 9.83. The Hall–Kier alpha value is -3.05. The zero-order valence-electron chi connectivity index (χ0n) is 18.9. The highest BCUT2D eigenvalue weighted by molar-refractivity contribution is 6.09. The van der Waals surface area contributed by atoms with Crippen LogP contribution < -0.4 is 0 Å². The Morgan fingerprint density at radius 1 is 1.09 bits per heavy atom. The summed E-state index contributed by atoms with van der Waals surface area (Å²) < 4.78 is 7.52. The summed E-state index contributed by atoms with van der Waals surface area (Å²) in [4.78, 5) is 29.8. The van der Waals surface area contributed by atoms with E-state index in [1.807, 2.05) is 36.6 Å². The van der Waals surface area contributed by atoms with Crippen LogP contribution in [0.3, 0.4) is 0 Å². The first-order valence-corrected chi connectivity index (χ1v) is 12.1. The van der Waals surface area contributed by atoms with Gasteiger partial charge < -0.3 is 9.14 Å². The molecule has 1 saturated heterocycles. The Balaban J connectivity index is 1.17. The van der Waals surface area contributed by atoms with Crippen molar-refractivity contribution in [1.82, 2.24) is 9.38 Å². The minimum absolute atomic E-state index is 0.0110. The Kier molecular flexibility index (Phi) is 6.49. The van der Waals surface area contributed by atoms with Gasteiger partial charge in [0.2, 0.25) is 0 Å². The van der Waals surface area contributed by atoms with Crippen LogP contribution in [0.1, 0.15) is 43.4 Å². The summed E-state index contributed by atoms with van der Waals surface area (Å²) in [5.41, 5.74) is 4.52. The molecule has 1 aliphatic heterocycles. The van der Waals surface area contributed by atoms with Crippen molar-refractivity contribution in [2.75, 3.05) is 13.2 Å². The average Bonchev–Trinajstić information content (AvgIpc) is 3.25. The zero-order chi connectivity index (χ0) is 22.6. The number of allylic oxidation sites excluding steroid dienone is 8. The highest BCUT2D eigenvalue weighted by atomic mass is 16.5. The topological polar surface area (TPSA) is 60.7 Å². The van der Waals surface area contributed by atoms with Crippen molar-refractivity contribution < 1.29 is 14.3 Å². The maximum Gasteiger partial charge on any atom is 0.167 e. The van der Waals surface area contributed by atoms with E-state index in [4.69, 9.17) is 4.74 Å². The molecule has 2 aromatic rings. The van der Waals surface area contributed by atoms with E-state index in [9.17, 15) is 9.59 Å². The van der Waals surface area contributed by atoms with Gasteiger partial charge in [-0.05, 0) is 73.8 Å². The molecule has 1 atom stereocenters. The molecule has 5 heteroatoms. The number of carbonyl (C=O) groups excluding carboxylic acids is 2. The van der Waals surface area contributed by atoms with E-state index in [2.05, 4.69) is 27.7 Å². The molecule has 0 N–H and O–H groups in total. The van der Waals surface area contributed by atoms with Crippen molar-refractivity contribution >= 4 is 17.2 Å². The number of rotatable bonds is 8. The third-order valence-corrected chi connectivity index (χ3v) is 6.90. The second kappa shape index (κ2) is 9.84. The van der Waals surface area contributed by atoms with Crippen LogP contribution in [0.4, 0.5) is 0 Å². The molecule has 170 valence electrons. The van der Waals surface area contributed by atoms with Crippen LogP contribution in [0.25, 0.3) is 5.65 Å². The van der Waals surface area contributed by atoms with Gasteiger partial charge in [0.1, 0.15) is 5.65 Å². The Morgan fingerprint density at radius 3 is 2.85 bits per heavy atom. The van der Waals surface area contributed by atoms with E-state index in [1.54, 1.807) is 0 Å². The van der Waals surface area contributed by atoms with E-state index >= 15 is 0 Å². The minimum atomic E-state index is -0.240. The Morgan fingerprint density at radius 2 is 1.97 bits per heavy atom. The maximum atomic E-state index is 12.8. The van der Waals surface area contributed by atoms with E-state index in [-0.39, 0.29) is 17.5 Å². The highest BCUT2D eigenvalue weighted by Crippen LogP contribution is 2.27. The highest BCUT2D eigenvalue weighted by Gasteiger charge is 2.25. The molecular weight excluding hydrogens is 412 g/mol. The first kappa shape index (κ1) is 21.8. The van der Waals surface area contributed by atoms with E-state index in [0.717, 1.165) is 42.5 Å². The number of imidazole rings is 1. The largest absolute Gasteiger partial charge is 0.381 e. The van der Waals surface area contributed by atoms with Crippen LogP contribution in [0, 0.1) is 11.8 Å². The van der Waals surface area contributed by atoms with Crippen molar-refractivity contribution in [2.45, 2.75) is 44.9 Å². The summed E-state index contributed by atoms with van der Waals surface area (Å²) in [6, 6.07) is 4.22. The van der Waals surface area contributed by atoms with Crippen molar-refractivity contribution in [3.63, 3.8) is 0 Å². The fraction of sp³-hybridized carbons (Fsp3) is 0.393. The first-order valence-electron chi connectivity index (χ1n) is 12.1.